The second-order valence-electron chi connectivity index (χ2n) is 24.6. The minimum absolute atomic E-state index is 0.0217. The fourth-order valence-electron chi connectivity index (χ4n) is 12.5. The lowest BCUT2D eigenvalue weighted by atomic mass is 9.98. The third-order valence-corrected chi connectivity index (χ3v) is 22.3. The van der Waals surface area contributed by atoms with Crippen LogP contribution in [0.4, 0.5) is 46.3 Å². The molecular formula is C72H67BrCl3FN16O4S4. The van der Waals surface area contributed by atoms with Crippen LogP contribution in [0.15, 0.2) is 165 Å². The summed E-state index contributed by atoms with van der Waals surface area (Å²) < 4.78 is 15.0. The van der Waals surface area contributed by atoms with Gasteiger partial charge in [-0.3, -0.25) is 20.4 Å². The molecule has 20 nitrogen and oxygen atoms in total. The number of amides is 8. The SMILES string of the molecule is CC1Cc2[nH]nc(-c3cccs3)c2CN1C(=O)Nc1cccc(Br)c1.CC1Cc2[nH]nc(-c3cccs3)c2CN1C(=O)Nc1cccc(Cl)c1.CC1Cc2[nH]nc(-c3cccs3)c2CN1C(=O)Nc1cccc(Cl)c1F.CC1Cc2[nH]nc(-c3ccsc3)c2CN1C(=O)Nc1cccc(Cl)c1. The molecule has 4 aliphatic rings. The molecule has 0 saturated heterocycles. The molecule has 0 spiro atoms. The van der Waals surface area contributed by atoms with Crippen LogP contribution in [0.1, 0.15) is 72.7 Å². The maximum absolute atomic E-state index is 14.1. The lowest BCUT2D eigenvalue weighted by molar-refractivity contribution is 0.181. The molecular weight excluding hydrogens is 1490 g/mol. The number of anilines is 4. The predicted octanol–water partition coefficient (Wildman–Crippen LogP) is 19.3. The first kappa shape index (κ1) is 70.3. The van der Waals surface area contributed by atoms with Crippen LogP contribution >= 0.6 is 96.1 Å². The highest BCUT2D eigenvalue weighted by Gasteiger charge is 2.36. The Hall–Kier alpha value is -9.12. The highest BCUT2D eigenvalue weighted by molar-refractivity contribution is 9.10. The van der Waals surface area contributed by atoms with Crippen LogP contribution < -0.4 is 21.3 Å². The Morgan fingerprint density at radius 1 is 0.455 bits per heavy atom. The average Bonchev–Trinajstić information content (AvgIpc) is 1.68. The Balaban J connectivity index is 0.000000120. The van der Waals surface area contributed by atoms with Gasteiger partial charge in [0.25, 0.3) is 0 Å². The van der Waals surface area contributed by atoms with Crippen molar-refractivity contribution in [3.05, 3.63) is 231 Å². The number of thiophene rings is 4. The summed E-state index contributed by atoms with van der Waals surface area (Å²) >= 11 is 27.8. The molecule has 8 amide bonds. The molecule has 0 bridgehead atoms. The molecule has 0 saturated carbocycles. The number of aromatic nitrogens is 8. The van der Waals surface area contributed by atoms with Crippen LogP contribution in [-0.4, -0.2) is 109 Å². The number of carbonyl (C=O) groups excluding carboxylic acids is 4. The zero-order chi connectivity index (χ0) is 70.4. The Morgan fingerprint density at radius 2 is 0.822 bits per heavy atom. The van der Waals surface area contributed by atoms with Crippen molar-refractivity contribution in [2.24, 2.45) is 0 Å². The number of benzene rings is 4. The second kappa shape index (κ2) is 31.4. The molecule has 4 aliphatic heterocycles. The molecule has 12 heterocycles. The van der Waals surface area contributed by atoms with Crippen LogP contribution in [0, 0.1) is 5.82 Å². The van der Waals surface area contributed by atoms with E-state index in [0.717, 1.165) is 117 Å². The normalized spacial score (nSPS) is 16.5. The van der Waals surface area contributed by atoms with E-state index in [4.69, 9.17) is 34.8 Å². The Labute approximate surface area is 620 Å². The zero-order valence-electron chi connectivity index (χ0n) is 54.8. The number of H-pyrrole nitrogens is 4. The lowest BCUT2D eigenvalue weighted by Crippen LogP contribution is -2.44. The maximum atomic E-state index is 14.1. The van der Waals surface area contributed by atoms with Gasteiger partial charge in [0.2, 0.25) is 0 Å². The summed E-state index contributed by atoms with van der Waals surface area (Å²) in [7, 11) is 0. The van der Waals surface area contributed by atoms with Gasteiger partial charge in [-0.25, -0.2) is 23.6 Å². The smallest absolute Gasteiger partial charge is 0.317 e. The number of nitrogens with zero attached hydrogens (tertiary/aromatic N) is 8. The zero-order valence-corrected chi connectivity index (χ0v) is 61.9. The van der Waals surface area contributed by atoms with Crippen molar-refractivity contribution >= 4 is 143 Å². The van der Waals surface area contributed by atoms with Gasteiger partial charge in [-0.05, 0) is 140 Å². The second-order valence-corrected chi connectivity index (χ2v) is 30.5. The number of urea groups is 4. The number of halogens is 5. The first-order chi connectivity index (χ1) is 48.9. The lowest BCUT2D eigenvalue weighted by Gasteiger charge is -2.33. The molecule has 16 rings (SSSR count). The van der Waals surface area contributed by atoms with Crippen molar-refractivity contribution in [2.45, 2.75) is 104 Å². The minimum Gasteiger partial charge on any atom is -0.317 e. The van der Waals surface area contributed by atoms with Gasteiger partial charge >= 0.3 is 24.1 Å². The average molecular weight is 1550 g/mol. The highest BCUT2D eigenvalue weighted by Crippen LogP contribution is 2.38. The summed E-state index contributed by atoms with van der Waals surface area (Å²) in [6, 6.07) is 40.2. The van der Waals surface area contributed by atoms with E-state index in [1.807, 2.05) is 130 Å². The molecule has 4 unspecified atom stereocenters. The van der Waals surface area contributed by atoms with Crippen molar-refractivity contribution < 1.29 is 23.6 Å². The van der Waals surface area contributed by atoms with E-state index in [1.165, 1.54) is 12.1 Å². The number of aromatic amines is 4. The largest absolute Gasteiger partial charge is 0.322 e. The summed E-state index contributed by atoms with van der Waals surface area (Å²) in [6.07, 6.45) is 2.96. The van der Waals surface area contributed by atoms with E-state index in [-0.39, 0.29) is 59.0 Å². The summed E-state index contributed by atoms with van der Waals surface area (Å²) in [4.78, 5) is 61.6. The monoisotopic (exact) mass is 1550 g/mol. The van der Waals surface area contributed by atoms with Gasteiger partial charge < -0.3 is 40.9 Å². The van der Waals surface area contributed by atoms with Gasteiger partial charge in [-0.1, -0.05) is 93.2 Å². The molecule has 0 radical (unpaired) electrons. The third kappa shape index (κ3) is 16.1. The number of hydrogen-bond acceptors (Lipinski definition) is 12. The molecule has 0 fully saturated rings. The van der Waals surface area contributed by atoms with Crippen molar-refractivity contribution in [1.29, 1.82) is 0 Å². The first-order valence-corrected chi connectivity index (χ1v) is 37.8. The van der Waals surface area contributed by atoms with E-state index in [0.29, 0.717) is 54.0 Å². The Morgan fingerprint density at radius 3 is 1.19 bits per heavy atom. The summed E-state index contributed by atoms with van der Waals surface area (Å²) in [5, 5.41) is 53.2. The fraction of sp³-hybridized carbons (Fsp3) is 0.222. The van der Waals surface area contributed by atoms with E-state index >= 15 is 0 Å². The number of carbonyl (C=O) groups is 4. The topological polar surface area (TPSA) is 244 Å². The highest BCUT2D eigenvalue weighted by atomic mass is 79.9. The summed E-state index contributed by atoms with van der Waals surface area (Å²) in [5.41, 5.74) is 15.7. The van der Waals surface area contributed by atoms with E-state index < -0.39 is 5.82 Å². The third-order valence-electron chi connectivity index (χ3n) is 17.8. The molecule has 8 aromatic heterocycles. The molecule has 12 aromatic rings. The quantitative estimate of drug-likeness (QED) is 0.0725. The molecule has 101 heavy (non-hydrogen) atoms. The van der Waals surface area contributed by atoms with Crippen molar-refractivity contribution in [3.8, 4) is 43.0 Å². The van der Waals surface area contributed by atoms with Gasteiger partial charge in [-0.15, -0.1) is 34.0 Å². The number of fused-ring (bicyclic) bond motifs is 4. The fourth-order valence-corrected chi connectivity index (χ4v) is 16.4. The molecule has 29 heteroatoms. The first-order valence-electron chi connectivity index (χ1n) is 32.3. The molecule has 4 aromatic carbocycles. The van der Waals surface area contributed by atoms with Gasteiger partial charge in [0.15, 0.2) is 5.82 Å². The number of nitrogens with one attached hydrogen (secondary N) is 8. The standard InChI is InChI=1S/C18H17BrN4OS.C18H16ClFN4OS.2C18H17ClN4OS/c1-11-8-15-14(17(22-21-15)16-6-3-7-25-16)10-23(11)18(24)20-13-5-2-4-12(19)9-13;1-10-8-14-11(17(23-22-14)15-6-3-7-26-15)9-24(10)18(25)21-13-5-2-4-12(19)16(13)20;1-11-8-15-14(17(22-21-15)16-6-3-7-25-16)10-23(11)18(24)20-13-5-2-4-12(19)9-13;1-11-7-16-15(17(22-21-16)12-5-6-25-10-12)9-23(11)18(24)20-14-4-2-3-13(19)8-14/h2-7,9,11H,8,10H2,1H3,(H,20,24)(H,21,22);2-7,10H,8-9H2,1H3,(H,21,25)(H,22,23);2-7,9,11H,8,10H2,1H3,(H,20,24)(H,21,22);2-6,8,10-11H,7,9H2,1H3,(H,20,24)(H,21,22). The van der Waals surface area contributed by atoms with Crippen molar-refractivity contribution in [1.82, 2.24) is 60.4 Å². The van der Waals surface area contributed by atoms with Gasteiger partial charge in [0.1, 0.15) is 17.1 Å². The van der Waals surface area contributed by atoms with Crippen LogP contribution in [0.2, 0.25) is 15.1 Å². The Bertz CT molecular complexity index is 4530. The summed E-state index contributed by atoms with van der Waals surface area (Å²) in [5.74, 6) is -0.629. The van der Waals surface area contributed by atoms with Gasteiger partial charge in [0, 0.05) is 137 Å². The predicted molar refractivity (Wildman–Crippen MR) is 407 cm³/mol. The van der Waals surface area contributed by atoms with Gasteiger partial charge in [-0.2, -0.15) is 31.7 Å². The molecule has 4 atom stereocenters. The molecule has 0 aliphatic carbocycles. The molecule has 8 N–H and O–H groups in total. The van der Waals surface area contributed by atoms with Gasteiger partial charge in [0.05, 0.1) is 57.2 Å². The van der Waals surface area contributed by atoms with Crippen LogP contribution in [-0.2, 0) is 51.9 Å². The van der Waals surface area contributed by atoms with E-state index in [1.54, 1.807) is 80.6 Å². The maximum Gasteiger partial charge on any atom is 0.322 e. The van der Waals surface area contributed by atoms with Crippen LogP contribution in [0.5, 0.6) is 0 Å². The van der Waals surface area contributed by atoms with E-state index in [9.17, 15) is 23.6 Å². The van der Waals surface area contributed by atoms with Crippen LogP contribution in [0.3, 0.4) is 0 Å². The van der Waals surface area contributed by atoms with Crippen LogP contribution in [0.25, 0.3) is 43.0 Å². The van der Waals surface area contributed by atoms with Crippen molar-refractivity contribution in [3.63, 3.8) is 0 Å². The minimum atomic E-state index is -0.629. The Kier molecular flexibility index (Phi) is 21.9. The summed E-state index contributed by atoms with van der Waals surface area (Å²) in [6.45, 7) is 10.2. The van der Waals surface area contributed by atoms with E-state index in [2.05, 4.69) is 108 Å². The number of hydrogen-bond donors (Lipinski definition) is 8. The van der Waals surface area contributed by atoms with Crippen molar-refractivity contribution in [2.75, 3.05) is 21.3 Å². The molecule has 518 valence electrons. The number of rotatable bonds is 8.